The van der Waals surface area contributed by atoms with Crippen LogP contribution in [0.4, 0.5) is 8.78 Å². The Labute approximate surface area is 154 Å². The van der Waals surface area contributed by atoms with E-state index in [2.05, 4.69) is 10.1 Å². The van der Waals surface area contributed by atoms with Gasteiger partial charge in [0.25, 0.3) is 5.91 Å². The Hall–Kier alpha value is -2.54. The third kappa shape index (κ3) is 6.07. The Morgan fingerprint density at radius 3 is 2.50 bits per heavy atom. The van der Waals surface area contributed by atoms with E-state index in [0.29, 0.717) is 10.8 Å². The fourth-order valence-corrected chi connectivity index (χ4v) is 2.20. The van der Waals surface area contributed by atoms with Crippen LogP contribution in [0, 0.1) is 0 Å². The van der Waals surface area contributed by atoms with Crippen LogP contribution in [0.5, 0.6) is 17.2 Å². The molecule has 0 aliphatic carbocycles. The molecular formula is C18H18ClF2NO4. The second-order valence-corrected chi connectivity index (χ2v) is 5.47. The predicted molar refractivity (Wildman–Crippen MR) is 93.5 cm³/mol. The number of halogens is 3. The highest BCUT2D eigenvalue weighted by atomic mass is 35.5. The van der Waals surface area contributed by atoms with Gasteiger partial charge in [-0.05, 0) is 49.4 Å². The maximum absolute atomic E-state index is 12.4. The summed E-state index contributed by atoms with van der Waals surface area (Å²) in [6, 6.07) is 10.9. The van der Waals surface area contributed by atoms with E-state index in [1.807, 2.05) is 0 Å². The molecule has 2 aromatic rings. The zero-order valence-electron chi connectivity index (χ0n) is 14.0. The van der Waals surface area contributed by atoms with E-state index in [0.717, 1.165) is 0 Å². The first kappa shape index (κ1) is 19.8. The molecule has 2 rings (SSSR count). The number of rotatable bonds is 9. The van der Waals surface area contributed by atoms with Gasteiger partial charge in [-0.2, -0.15) is 8.78 Å². The zero-order valence-corrected chi connectivity index (χ0v) is 14.8. The van der Waals surface area contributed by atoms with Gasteiger partial charge in [0.15, 0.2) is 11.5 Å². The van der Waals surface area contributed by atoms with Gasteiger partial charge in [0.1, 0.15) is 12.4 Å². The SMILES string of the molecule is CCOc1cc(C(=O)NCCOc2ccc(Cl)cc2)ccc1OC(F)F. The van der Waals surface area contributed by atoms with E-state index >= 15 is 0 Å². The van der Waals surface area contributed by atoms with Gasteiger partial charge < -0.3 is 19.5 Å². The summed E-state index contributed by atoms with van der Waals surface area (Å²) in [5, 5.41) is 3.28. The molecule has 26 heavy (non-hydrogen) atoms. The summed E-state index contributed by atoms with van der Waals surface area (Å²) in [4.78, 5) is 12.2. The molecule has 0 radical (unpaired) electrons. The Bertz CT molecular complexity index is 726. The highest BCUT2D eigenvalue weighted by Crippen LogP contribution is 2.29. The van der Waals surface area contributed by atoms with Crippen molar-refractivity contribution >= 4 is 17.5 Å². The molecule has 0 spiro atoms. The average molecular weight is 386 g/mol. The Morgan fingerprint density at radius 2 is 1.85 bits per heavy atom. The number of carbonyl (C=O) groups excluding carboxylic acids is 1. The van der Waals surface area contributed by atoms with E-state index in [9.17, 15) is 13.6 Å². The van der Waals surface area contributed by atoms with Gasteiger partial charge in [-0.1, -0.05) is 11.6 Å². The molecule has 2 aromatic carbocycles. The zero-order chi connectivity index (χ0) is 18.9. The van der Waals surface area contributed by atoms with Crippen LogP contribution in [0.3, 0.4) is 0 Å². The lowest BCUT2D eigenvalue weighted by Crippen LogP contribution is -2.28. The molecule has 0 saturated heterocycles. The van der Waals surface area contributed by atoms with Gasteiger partial charge in [0.2, 0.25) is 0 Å². The topological polar surface area (TPSA) is 56.8 Å². The van der Waals surface area contributed by atoms with Crippen molar-refractivity contribution in [3.8, 4) is 17.2 Å². The number of ether oxygens (including phenoxy) is 3. The Balaban J connectivity index is 1.89. The molecule has 0 aromatic heterocycles. The largest absolute Gasteiger partial charge is 0.492 e. The monoisotopic (exact) mass is 385 g/mol. The predicted octanol–water partition coefficient (Wildman–Crippen LogP) is 4.15. The van der Waals surface area contributed by atoms with E-state index < -0.39 is 6.61 Å². The first-order chi connectivity index (χ1) is 12.5. The molecule has 1 amide bonds. The second kappa shape index (κ2) is 9.82. The molecule has 0 saturated carbocycles. The molecule has 8 heteroatoms. The van der Waals surface area contributed by atoms with Gasteiger partial charge in [0.05, 0.1) is 13.2 Å². The molecule has 0 atom stereocenters. The van der Waals surface area contributed by atoms with Crippen molar-refractivity contribution < 1.29 is 27.8 Å². The van der Waals surface area contributed by atoms with Crippen molar-refractivity contribution in [3.63, 3.8) is 0 Å². The summed E-state index contributed by atoms with van der Waals surface area (Å²) in [7, 11) is 0. The molecule has 0 aliphatic heterocycles. The van der Waals surface area contributed by atoms with Crippen LogP contribution in [0.25, 0.3) is 0 Å². The summed E-state index contributed by atoms with van der Waals surface area (Å²) >= 11 is 5.78. The third-order valence-corrected chi connectivity index (χ3v) is 3.44. The lowest BCUT2D eigenvalue weighted by atomic mass is 10.2. The maximum atomic E-state index is 12.4. The van der Waals surface area contributed by atoms with Crippen molar-refractivity contribution in [3.05, 3.63) is 53.1 Å². The summed E-state index contributed by atoms with van der Waals surface area (Å²) in [5.41, 5.74) is 0.265. The molecule has 0 aliphatic rings. The van der Waals surface area contributed by atoms with Crippen molar-refractivity contribution in [2.45, 2.75) is 13.5 Å². The molecule has 0 unspecified atom stereocenters. The van der Waals surface area contributed by atoms with Crippen LogP contribution in [-0.2, 0) is 0 Å². The lowest BCUT2D eigenvalue weighted by Gasteiger charge is -2.13. The second-order valence-electron chi connectivity index (χ2n) is 5.03. The quantitative estimate of drug-likeness (QED) is 0.659. The van der Waals surface area contributed by atoms with Gasteiger partial charge in [-0.25, -0.2) is 0 Å². The first-order valence-corrected chi connectivity index (χ1v) is 8.25. The number of hydrogen-bond acceptors (Lipinski definition) is 4. The fraction of sp³-hybridized carbons (Fsp3) is 0.278. The lowest BCUT2D eigenvalue weighted by molar-refractivity contribution is -0.0514. The summed E-state index contributed by atoms with van der Waals surface area (Å²) < 4.78 is 39.9. The van der Waals surface area contributed by atoms with E-state index in [4.69, 9.17) is 21.1 Å². The minimum atomic E-state index is -2.97. The number of hydrogen-bond donors (Lipinski definition) is 1. The number of benzene rings is 2. The summed E-state index contributed by atoms with van der Waals surface area (Å²) in [6.45, 7) is -0.495. The molecular weight excluding hydrogens is 368 g/mol. The van der Waals surface area contributed by atoms with Crippen molar-refractivity contribution in [2.24, 2.45) is 0 Å². The molecule has 0 heterocycles. The summed E-state index contributed by atoms with van der Waals surface area (Å²) in [6.07, 6.45) is 0. The highest BCUT2D eigenvalue weighted by Gasteiger charge is 2.14. The van der Waals surface area contributed by atoms with Gasteiger partial charge >= 0.3 is 6.61 Å². The number of nitrogens with one attached hydrogen (secondary N) is 1. The smallest absolute Gasteiger partial charge is 0.387 e. The molecule has 0 fully saturated rings. The van der Waals surface area contributed by atoms with E-state index in [-0.39, 0.29) is 42.7 Å². The van der Waals surface area contributed by atoms with Gasteiger partial charge in [0, 0.05) is 10.6 Å². The molecule has 1 N–H and O–H groups in total. The Morgan fingerprint density at radius 1 is 1.12 bits per heavy atom. The van der Waals surface area contributed by atoms with Gasteiger partial charge in [-0.3, -0.25) is 4.79 Å². The minimum absolute atomic E-state index is 0.0814. The first-order valence-electron chi connectivity index (χ1n) is 7.88. The van der Waals surface area contributed by atoms with E-state index in [1.165, 1.54) is 18.2 Å². The van der Waals surface area contributed by atoms with Crippen LogP contribution < -0.4 is 19.5 Å². The van der Waals surface area contributed by atoms with Crippen LogP contribution in [0.1, 0.15) is 17.3 Å². The fourth-order valence-electron chi connectivity index (χ4n) is 2.08. The van der Waals surface area contributed by atoms with Crippen molar-refractivity contribution in [1.29, 1.82) is 0 Å². The van der Waals surface area contributed by atoms with Crippen LogP contribution in [-0.4, -0.2) is 32.3 Å². The number of alkyl halides is 2. The minimum Gasteiger partial charge on any atom is -0.492 e. The average Bonchev–Trinajstić information content (AvgIpc) is 2.61. The van der Waals surface area contributed by atoms with Gasteiger partial charge in [-0.15, -0.1) is 0 Å². The molecule has 140 valence electrons. The normalized spacial score (nSPS) is 10.5. The molecule has 5 nitrogen and oxygen atoms in total. The maximum Gasteiger partial charge on any atom is 0.387 e. The van der Waals surface area contributed by atoms with Crippen LogP contribution in [0.2, 0.25) is 5.02 Å². The van der Waals surface area contributed by atoms with Crippen LogP contribution in [0.15, 0.2) is 42.5 Å². The highest BCUT2D eigenvalue weighted by molar-refractivity contribution is 6.30. The number of carbonyl (C=O) groups is 1. The van der Waals surface area contributed by atoms with E-state index in [1.54, 1.807) is 31.2 Å². The Kier molecular flexibility index (Phi) is 7.47. The number of amides is 1. The molecule has 0 bridgehead atoms. The summed E-state index contributed by atoms with van der Waals surface area (Å²) in [5.74, 6) is 0.215. The van der Waals surface area contributed by atoms with Crippen LogP contribution >= 0.6 is 11.6 Å². The standard InChI is InChI=1S/C18H18ClF2NO4/c1-2-24-16-11-12(3-8-15(16)26-18(20)21)17(23)22-9-10-25-14-6-4-13(19)5-7-14/h3-8,11,18H,2,9-10H2,1H3,(H,22,23). The van der Waals surface area contributed by atoms with Crippen molar-refractivity contribution in [2.75, 3.05) is 19.8 Å². The third-order valence-electron chi connectivity index (χ3n) is 3.19. The van der Waals surface area contributed by atoms with Crippen molar-refractivity contribution in [1.82, 2.24) is 5.32 Å².